The van der Waals surface area contributed by atoms with Crippen LogP contribution in [0.5, 0.6) is 0 Å². The molecular weight excluding hydrogens is 183 g/mol. The Hall–Kier alpha value is -0.963. The summed E-state index contributed by atoms with van der Waals surface area (Å²) in [6, 6.07) is 4.36. The minimum absolute atomic E-state index is 0.261. The minimum atomic E-state index is -1.60. The highest BCUT2D eigenvalue weighted by Gasteiger charge is 2.20. The zero-order valence-electron chi connectivity index (χ0n) is 8.10. The lowest BCUT2D eigenvalue weighted by Crippen LogP contribution is -2.40. The molecule has 0 aliphatic carbocycles. The normalized spacial score (nSPS) is 11.4. The van der Waals surface area contributed by atoms with Crippen LogP contribution in [0.2, 0.25) is 19.6 Å². The molecule has 1 aromatic carbocycles. The molecule has 0 aromatic heterocycles. The summed E-state index contributed by atoms with van der Waals surface area (Å²) in [5.41, 5.74) is 0.626. The Kier molecular flexibility index (Phi) is 2.66. The lowest BCUT2D eigenvalue weighted by Gasteiger charge is -2.18. The number of carbonyl (C=O) groups excluding carboxylic acids is 1. The van der Waals surface area contributed by atoms with Gasteiger partial charge in [0.25, 0.3) is 0 Å². The maximum Gasteiger partial charge on any atom is 0.149 e. The molecule has 0 heterocycles. The monoisotopic (exact) mass is 196 g/mol. The second kappa shape index (κ2) is 3.42. The first-order valence-corrected chi connectivity index (χ1v) is 7.70. The first kappa shape index (κ1) is 10.1. The SMILES string of the molecule is C[Si](C)(C)c1cc(F)ccc1C=O. The van der Waals surface area contributed by atoms with Crippen molar-refractivity contribution >= 4 is 19.5 Å². The van der Waals surface area contributed by atoms with Crippen molar-refractivity contribution in [3.8, 4) is 0 Å². The van der Waals surface area contributed by atoms with Gasteiger partial charge >= 0.3 is 0 Å². The molecule has 0 saturated heterocycles. The average molecular weight is 196 g/mol. The van der Waals surface area contributed by atoms with Gasteiger partial charge < -0.3 is 0 Å². The van der Waals surface area contributed by atoms with Crippen LogP contribution in [0.1, 0.15) is 10.4 Å². The van der Waals surface area contributed by atoms with Crippen molar-refractivity contribution in [1.82, 2.24) is 0 Å². The van der Waals surface area contributed by atoms with E-state index in [2.05, 4.69) is 19.6 Å². The largest absolute Gasteiger partial charge is 0.298 e. The summed E-state index contributed by atoms with van der Waals surface area (Å²) in [6.07, 6.45) is 0.799. The molecule has 70 valence electrons. The smallest absolute Gasteiger partial charge is 0.149 e. The summed E-state index contributed by atoms with van der Waals surface area (Å²) in [7, 11) is -1.60. The number of aldehydes is 1. The highest BCUT2D eigenvalue weighted by molar-refractivity contribution is 6.89. The Bertz CT molecular complexity index is 328. The zero-order chi connectivity index (χ0) is 10.1. The van der Waals surface area contributed by atoms with Gasteiger partial charge in [-0.3, -0.25) is 4.79 Å². The first-order chi connectivity index (χ1) is 5.95. The molecule has 3 heteroatoms. The van der Waals surface area contributed by atoms with Crippen LogP contribution in [0.3, 0.4) is 0 Å². The molecule has 0 aliphatic rings. The molecule has 0 N–H and O–H groups in total. The quantitative estimate of drug-likeness (QED) is 0.523. The molecule has 0 unspecified atom stereocenters. The van der Waals surface area contributed by atoms with E-state index in [1.807, 2.05) is 0 Å². The van der Waals surface area contributed by atoms with Crippen molar-refractivity contribution in [2.24, 2.45) is 0 Å². The Balaban J connectivity index is 3.32. The van der Waals surface area contributed by atoms with Crippen molar-refractivity contribution in [2.75, 3.05) is 0 Å². The standard InChI is InChI=1S/C10H13FOSi/c1-13(2,3)10-6-9(11)5-4-8(10)7-12/h4-7H,1-3H3. The van der Waals surface area contributed by atoms with Gasteiger partial charge in [0.1, 0.15) is 12.1 Å². The van der Waals surface area contributed by atoms with Crippen LogP contribution in [-0.2, 0) is 0 Å². The number of rotatable bonds is 2. The average Bonchev–Trinajstić information content (AvgIpc) is 2.03. The van der Waals surface area contributed by atoms with Crippen molar-refractivity contribution in [1.29, 1.82) is 0 Å². The fraction of sp³-hybridized carbons (Fsp3) is 0.300. The summed E-state index contributed by atoms with van der Waals surface area (Å²) in [5.74, 6) is -0.261. The topological polar surface area (TPSA) is 17.1 Å². The van der Waals surface area contributed by atoms with E-state index < -0.39 is 8.07 Å². The van der Waals surface area contributed by atoms with Crippen LogP contribution >= 0.6 is 0 Å². The van der Waals surface area contributed by atoms with Gasteiger partial charge in [0.2, 0.25) is 0 Å². The number of benzene rings is 1. The third-order valence-electron chi connectivity index (χ3n) is 1.95. The van der Waals surface area contributed by atoms with E-state index in [-0.39, 0.29) is 5.82 Å². The molecule has 13 heavy (non-hydrogen) atoms. The van der Waals surface area contributed by atoms with Crippen molar-refractivity contribution in [3.05, 3.63) is 29.6 Å². The Morgan fingerprint density at radius 1 is 1.31 bits per heavy atom. The van der Waals surface area contributed by atoms with Gasteiger partial charge in [0, 0.05) is 5.56 Å². The van der Waals surface area contributed by atoms with E-state index in [4.69, 9.17) is 0 Å². The fourth-order valence-electron chi connectivity index (χ4n) is 1.28. The molecule has 0 atom stereocenters. The van der Waals surface area contributed by atoms with Crippen LogP contribution in [0, 0.1) is 5.82 Å². The van der Waals surface area contributed by atoms with E-state index in [0.717, 1.165) is 11.5 Å². The van der Waals surface area contributed by atoms with E-state index in [0.29, 0.717) is 5.56 Å². The van der Waals surface area contributed by atoms with Gasteiger partial charge in [-0.15, -0.1) is 0 Å². The summed E-state index contributed by atoms with van der Waals surface area (Å²) in [5, 5.41) is 0.891. The van der Waals surface area contributed by atoms with Gasteiger partial charge in [-0.1, -0.05) is 19.6 Å². The first-order valence-electron chi connectivity index (χ1n) is 4.20. The molecular formula is C10H13FOSi. The molecule has 0 fully saturated rings. The molecule has 0 radical (unpaired) electrons. The number of halogens is 1. The maximum absolute atomic E-state index is 12.9. The number of hydrogen-bond donors (Lipinski definition) is 0. The van der Waals surface area contributed by atoms with Crippen molar-refractivity contribution < 1.29 is 9.18 Å². The Morgan fingerprint density at radius 2 is 1.92 bits per heavy atom. The van der Waals surface area contributed by atoms with Gasteiger partial charge in [-0.05, 0) is 23.4 Å². The minimum Gasteiger partial charge on any atom is -0.298 e. The number of hydrogen-bond acceptors (Lipinski definition) is 1. The van der Waals surface area contributed by atoms with Crippen LogP contribution in [0.15, 0.2) is 18.2 Å². The fourth-order valence-corrected chi connectivity index (χ4v) is 2.86. The predicted octanol–water partition coefficient (Wildman–Crippen LogP) is 2.18. The van der Waals surface area contributed by atoms with Crippen molar-refractivity contribution in [3.63, 3.8) is 0 Å². The summed E-state index contributed by atoms with van der Waals surface area (Å²) < 4.78 is 12.9. The third kappa shape index (κ3) is 2.25. The maximum atomic E-state index is 12.9. The van der Waals surface area contributed by atoms with Crippen molar-refractivity contribution in [2.45, 2.75) is 19.6 Å². The van der Waals surface area contributed by atoms with E-state index >= 15 is 0 Å². The van der Waals surface area contributed by atoms with Gasteiger partial charge in [0.05, 0.1) is 8.07 Å². The zero-order valence-corrected chi connectivity index (χ0v) is 9.10. The van der Waals surface area contributed by atoms with Crippen LogP contribution < -0.4 is 5.19 Å². The predicted molar refractivity (Wildman–Crippen MR) is 54.8 cm³/mol. The molecule has 0 amide bonds. The lowest BCUT2D eigenvalue weighted by molar-refractivity contribution is 0.112. The lowest BCUT2D eigenvalue weighted by atomic mass is 10.2. The van der Waals surface area contributed by atoms with E-state index in [1.54, 1.807) is 6.07 Å². The highest BCUT2D eigenvalue weighted by Crippen LogP contribution is 2.07. The third-order valence-corrected chi connectivity index (χ3v) is 4.00. The number of carbonyl (C=O) groups is 1. The van der Waals surface area contributed by atoms with Crippen LogP contribution in [0.4, 0.5) is 4.39 Å². The molecule has 0 spiro atoms. The molecule has 0 bridgehead atoms. The van der Waals surface area contributed by atoms with Crippen LogP contribution in [0.25, 0.3) is 0 Å². The molecule has 1 nitrogen and oxygen atoms in total. The summed E-state index contributed by atoms with van der Waals surface area (Å²) in [4.78, 5) is 10.7. The molecule has 1 aromatic rings. The van der Waals surface area contributed by atoms with Gasteiger partial charge in [0.15, 0.2) is 0 Å². The van der Waals surface area contributed by atoms with Gasteiger partial charge in [-0.2, -0.15) is 0 Å². The Labute approximate surface area is 78.6 Å². The summed E-state index contributed by atoms with van der Waals surface area (Å²) in [6.45, 7) is 6.28. The molecule has 0 aliphatic heterocycles. The Morgan fingerprint density at radius 3 is 2.38 bits per heavy atom. The van der Waals surface area contributed by atoms with Crippen LogP contribution in [-0.4, -0.2) is 14.4 Å². The second-order valence-corrected chi connectivity index (χ2v) is 9.14. The summed E-state index contributed by atoms with van der Waals surface area (Å²) >= 11 is 0. The highest BCUT2D eigenvalue weighted by atomic mass is 28.3. The molecule has 0 saturated carbocycles. The second-order valence-electron chi connectivity index (χ2n) is 4.10. The van der Waals surface area contributed by atoms with E-state index in [9.17, 15) is 9.18 Å². The molecule has 1 rings (SSSR count). The van der Waals surface area contributed by atoms with Gasteiger partial charge in [-0.25, -0.2) is 4.39 Å². The van der Waals surface area contributed by atoms with E-state index in [1.165, 1.54) is 12.1 Å².